The van der Waals surface area contributed by atoms with Gasteiger partial charge in [0.15, 0.2) is 19.7 Å². The molecule has 6 nitrogen and oxygen atoms in total. The molecule has 0 amide bonds. The molecule has 1 aromatic carbocycles. The van der Waals surface area contributed by atoms with Crippen LogP contribution >= 0.6 is 0 Å². The Morgan fingerprint density at radius 2 is 1.71 bits per heavy atom. The summed E-state index contributed by atoms with van der Waals surface area (Å²) in [5.74, 6) is 0.142. The van der Waals surface area contributed by atoms with E-state index in [1.165, 1.54) is 19.2 Å². The van der Waals surface area contributed by atoms with Gasteiger partial charge in [-0.25, -0.2) is 16.8 Å². The normalized spacial score (nSPS) is 27.4. The first kappa shape index (κ1) is 17.7. The molecule has 2 fully saturated rings. The summed E-state index contributed by atoms with van der Waals surface area (Å²) in [7, 11) is -5.57. The van der Waals surface area contributed by atoms with E-state index in [2.05, 4.69) is 5.32 Å². The Labute approximate surface area is 143 Å². The second kappa shape index (κ2) is 6.65. The van der Waals surface area contributed by atoms with Crippen LogP contribution in [0.15, 0.2) is 29.2 Å². The predicted octanol–water partition coefficient (Wildman–Crippen LogP) is 1.17. The highest BCUT2D eigenvalue weighted by molar-refractivity contribution is 7.96. The zero-order chi connectivity index (χ0) is 17.4. The third kappa shape index (κ3) is 3.60. The smallest absolute Gasteiger partial charge is 0.183 e. The van der Waals surface area contributed by atoms with E-state index in [0.29, 0.717) is 5.75 Å². The number of methoxy groups -OCH3 is 1. The molecule has 2 unspecified atom stereocenters. The molecule has 0 aromatic heterocycles. The molecule has 1 N–H and O–H groups in total. The first-order chi connectivity index (χ1) is 11.3. The summed E-state index contributed by atoms with van der Waals surface area (Å²) in [6.45, 7) is 0. The van der Waals surface area contributed by atoms with Crippen LogP contribution in [0.4, 0.5) is 0 Å². The van der Waals surface area contributed by atoms with Gasteiger partial charge in [0.1, 0.15) is 5.75 Å². The molecule has 1 aliphatic heterocycles. The largest absolute Gasteiger partial charge is 0.497 e. The van der Waals surface area contributed by atoms with Gasteiger partial charge in [-0.2, -0.15) is 0 Å². The zero-order valence-electron chi connectivity index (χ0n) is 13.6. The maximum Gasteiger partial charge on any atom is 0.183 e. The van der Waals surface area contributed by atoms with Gasteiger partial charge in [-0.15, -0.1) is 0 Å². The molecule has 1 aromatic rings. The van der Waals surface area contributed by atoms with E-state index in [-0.39, 0.29) is 22.4 Å². The van der Waals surface area contributed by atoms with Crippen LogP contribution in [0.2, 0.25) is 0 Å². The highest BCUT2D eigenvalue weighted by atomic mass is 32.2. The van der Waals surface area contributed by atoms with E-state index >= 15 is 0 Å². The lowest BCUT2D eigenvalue weighted by Gasteiger charge is -2.23. The minimum Gasteiger partial charge on any atom is -0.497 e. The van der Waals surface area contributed by atoms with Crippen LogP contribution in [-0.4, -0.2) is 52.8 Å². The van der Waals surface area contributed by atoms with Gasteiger partial charge in [-0.3, -0.25) is 0 Å². The standard InChI is InChI=1S/C16H23NO5S2/c1-22-13-6-8-14(9-7-13)24(20,21)16-11-23(18,19)10-15(16)17-12-4-2-3-5-12/h6-9,12,15-17H,2-5,10-11H2,1H3. The Morgan fingerprint density at radius 3 is 2.29 bits per heavy atom. The molecule has 1 saturated heterocycles. The van der Waals surface area contributed by atoms with Crippen LogP contribution in [-0.2, 0) is 19.7 Å². The summed E-state index contributed by atoms with van der Waals surface area (Å²) in [6, 6.07) is 5.80. The maximum absolute atomic E-state index is 13.0. The van der Waals surface area contributed by atoms with Crippen LogP contribution in [0, 0.1) is 0 Å². The Bertz CT molecular complexity index is 780. The van der Waals surface area contributed by atoms with E-state index < -0.39 is 31.0 Å². The molecule has 1 heterocycles. The Balaban J connectivity index is 1.87. The fraction of sp³-hybridized carbons (Fsp3) is 0.625. The number of hydrogen-bond acceptors (Lipinski definition) is 6. The van der Waals surface area contributed by atoms with Gasteiger partial charge in [0.25, 0.3) is 0 Å². The summed E-state index contributed by atoms with van der Waals surface area (Å²) < 4.78 is 55.1. The summed E-state index contributed by atoms with van der Waals surface area (Å²) >= 11 is 0. The van der Waals surface area contributed by atoms with Crippen molar-refractivity contribution in [2.24, 2.45) is 0 Å². The lowest BCUT2D eigenvalue weighted by Crippen LogP contribution is -2.47. The molecule has 134 valence electrons. The summed E-state index contributed by atoms with van der Waals surface area (Å²) in [6.07, 6.45) is 4.16. The molecule has 3 rings (SSSR count). The van der Waals surface area contributed by atoms with Gasteiger partial charge in [0.05, 0.1) is 28.8 Å². The molecule has 0 radical (unpaired) electrons. The van der Waals surface area contributed by atoms with E-state index in [4.69, 9.17) is 4.74 Å². The first-order valence-corrected chi connectivity index (χ1v) is 11.5. The summed E-state index contributed by atoms with van der Waals surface area (Å²) in [5.41, 5.74) is 0. The number of benzene rings is 1. The van der Waals surface area contributed by atoms with E-state index in [9.17, 15) is 16.8 Å². The van der Waals surface area contributed by atoms with Crippen LogP contribution in [0.3, 0.4) is 0 Å². The molecule has 24 heavy (non-hydrogen) atoms. The van der Waals surface area contributed by atoms with Crippen molar-refractivity contribution in [1.29, 1.82) is 0 Å². The van der Waals surface area contributed by atoms with Crippen molar-refractivity contribution in [3.05, 3.63) is 24.3 Å². The number of rotatable bonds is 5. The third-order valence-corrected chi connectivity index (χ3v) is 9.06. The first-order valence-electron chi connectivity index (χ1n) is 8.16. The van der Waals surface area contributed by atoms with E-state index in [1.54, 1.807) is 12.1 Å². The van der Waals surface area contributed by atoms with Crippen molar-refractivity contribution < 1.29 is 21.6 Å². The summed E-state index contributed by atoms with van der Waals surface area (Å²) in [4.78, 5) is 0.142. The molecule has 2 atom stereocenters. The lowest BCUT2D eigenvalue weighted by atomic mass is 10.2. The third-order valence-electron chi connectivity index (χ3n) is 4.89. The molecule has 0 bridgehead atoms. The van der Waals surface area contributed by atoms with Crippen LogP contribution in [0.5, 0.6) is 5.75 Å². The van der Waals surface area contributed by atoms with Crippen molar-refractivity contribution in [2.75, 3.05) is 18.6 Å². The topological polar surface area (TPSA) is 89.5 Å². The second-order valence-corrected chi connectivity index (χ2v) is 10.9. The minimum absolute atomic E-state index is 0.108. The molecule has 1 saturated carbocycles. The lowest BCUT2D eigenvalue weighted by molar-refractivity contribution is 0.414. The van der Waals surface area contributed by atoms with Gasteiger partial charge >= 0.3 is 0 Å². The Hall–Kier alpha value is -1.12. The number of nitrogens with one attached hydrogen (secondary N) is 1. The highest BCUT2D eigenvalue weighted by Crippen LogP contribution is 2.29. The number of sulfone groups is 2. The van der Waals surface area contributed by atoms with Gasteiger partial charge < -0.3 is 10.1 Å². The van der Waals surface area contributed by atoms with E-state index in [0.717, 1.165) is 25.7 Å². The average molecular weight is 373 g/mol. The molecule has 2 aliphatic rings. The molecule has 0 spiro atoms. The second-order valence-electron chi connectivity index (χ2n) is 6.59. The molecule has 8 heteroatoms. The average Bonchev–Trinajstić information content (AvgIpc) is 3.15. The summed E-state index contributed by atoms with van der Waals surface area (Å²) in [5, 5.41) is 2.37. The Morgan fingerprint density at radius 1 is 1.08 bits per heavy atom. The molecular weight excluding hydrogens is 350 g/mol. The SMILES string of the molecule is COc1ccc(S(=O)(=O)C2CS(=O)(=O)CC2NC2CCCC2)cc1. The zero-order valence-corrected chi connectivity index (χ0v) is 15.3. The van der Waals surface area contributed by atoms with E-state index in [1.807, 2.05) is 0 Å². The number of ether oxygens (including phenoxy) is 1. The van der Waals surface area contributed by atoms with Gasteiger partial charge in [0, 0.05) is 12.1 Å². The van der Waals surface area contributed by atoms with Gasteiger partial charge in [0.2, 0.25) is 0 Å². The Kier molecular flexibility index (Phi) is 4.90. The van der Waals surface area contributed by atoms with Crippen LogP contribution in [0.25, 0.3) is 0 Å². The van der Waals surface area contributed by atoms with Crippen molar-refractivity contribution >= 4 is 19.7 Å². The number of hydrogen-bond donors (Lipinski definition) is 1. The maximum atomic E-state index is 13.0. The molecular formula is C16H23NO5S2. The van der Waals surface area contributed by atoms with Crippen LogP contribution in [0.1, 0.15) is 25.7 Å². The molecule has 1 aliphatic carbocycles. The predicted molar refractivity (Wildman–Crippen MR) is 91.8 cm³/mol. The van der Waals surface area contributed by atoms with Crippen molar-refractivity contribution in [3.8, 4) is 5.75 Å². The van der Waals surface area contributed by atoms with Crippen molar-refractivity contribution in [1.82, 2.24) is 5.32 Å². The monoisotopic (exact) mass is 373 g/mol. The highest BCUT2D eigenvalue weighted by Gasteiger charge is 2.46. The van der Waals surface area contributed by atoms with Gasteiger partial charge in [-0.1, -0.05) is 12.8 Å². The fourth-order valence-electron chi connectivity index (χ4n) is 3.61. The van der Waals surface area contributed by atoms with Crippen molar-refractivity contribution in [3.63, 3.8) is 0 Å². The fourth-order valence-corrected chi connectivity index (χ4v) is 8.29. The minimum atomic E-state index is -3.72. The van der Waals surface area contributed by atoms with Crippen molar-refractivity contribution in [2.45, 2.75) is 47.9 Å². The van der Waals surface area contributed by atoms with Gasteiger partial charge in [-0.05, 0) is 37.1 Å². The quantitative estimate of drug-likeness (QED) is 0.833. The van der Waals surface area contributed by atoms with Crippen LogP contribution < -0.4 is 10.1 Å².